The summed E-state index contributed by atoms with van der Waals surface area (Å²) in [4.78, 5) is 27.3. The highest BCUT2D eigenvalue weighted by Crippen LogP contribution is 2.25. The van der Waals surface area contributed by atoms with Gasteiger partial charge in [-0.25, -0.2) is 0 Å². The quantitative estimate of drug-likeness (QED) is 0.790. The van der Waals surface area contributed by atoms with Crippen LogP contribution in [0.5, 0.6) is 0 Å². The summed E-state index contributed by atoms with van der Waals surface area (Å²) in [6.45, 7) is 3.23. The fraction of sp³-hybridized carbons (Fsp3) is 0.333. The molecule has 0 spiro atoms. The molecular formula is C21H24N2O2. The zero-order chi connectivity index (χ0) is 17.6. The molecule has 2 aromatic rings. The molecule has 130 valence electrons. The number of unbranched alkanes of at least 4 members (excludes halogenated alkanes) is 1. The predicted octanol–water partition coefficient (Wildman–Crippen LogP) is 3.17. The molecule has 1 atom stereocenters. The van der Waals surface area contributed by atoms with E-state index in [1.807, 2.05) is 54.6 Å². The van der Waals surface area contributed by atoms with Gasteiger partial charge in [-0.1, -0.05) is 61.9 Å². The van der Waals surface area contributed by atoms with Gasteiger partial charge in [0.05, 0.1) is 0 Å². The molecule has 4 heteroatoms. The largest absolute Gasteiger partial charge is 0.354 e. The molecule has 0 radical (unpaired) electrons. The summed E-state index contributed by atoms with van der Waals surface area (Å²) in [5.41, 5.74) is 2.76. The summed E-state index contributed by atoms with van der Waals surface area (Å²) < 4.78 is 0. The Morgan fingerprint density at radius 2 is 1.84 bits per heavy atom. The molecule has 0 aliphatic carbocycles. The maximum Gasteiger partial charge on any atom is 0.255 e. The monoisotopic (exact) mass is 336 g/mol. The molecule has 1 aliphatic heterocycles. The summed E-state index contributed by atoms with van der Waals surface area (Å²) in [7, 11) is 0. The second-order valence-corrected chi connectivity index (χ2v) is 6.44. The molecule has 1 heterocycles. The van der Waals surface area contributed by atoms with Gasteiger partial charge in [0.25, 0.3) is 5.91 Å². The van der Waals surface area contributed by atoms with E-state index in [4.69, 9.17) is 0 Å². The van der Waals surface area contributed by atoms with Gasteiger partial charge in [0.15, 0.2) is 0 Å². The highest BCUT2D eigenvalue weighted by molar-refractivity contribution is 6.01. The van der Waals surface area contributed by atoms with Crippen molar-refractivity contribution in [3.63, 3.8) is 0 Å². The minimum Gasteiger partial charge on any atom is -0.354 e. The molecule has 1 N–H and O–H groups in total. The number of nitrogens with zero attached hydrogens (tertiary/aromatic N) is 1. The zero-order valence-corrected chi connectivity index (χ0v) is 14.6. The Morgan fingerprint density at radius 1 is 1.12 bits per heavy atom. The van der Waals surface area contributed by atoms with E-state index in [1.165, 1.54) is 0 Å². The summed E-state index contributed by atoms with van der Waals surface area (Å²) in [5.74, 6) is -0.124. The Kier molecular flexibility index (Phi) is 5.49. The predicted molar refractivity (Wildman–Crippen MR) is 98.2 cm³/mol. The van der Waals surface area contributed by atoms with Crippen LogP contribution in [0.3, 0.4) is 0 Å². The van der Waals surface area contributed by atoms with E-state index in [0.717, 1.165) is 24.0 Å². The number of carbonyl (C=O) groups excluding carboxylic acids is 2. The van der Waals surface area contributed by atoms with Crippen LogP contribution >= 0.6 is 0 Å². The number of carbonyl (C=O) groups is 2. The van der Waals surface area contributed by atoms with Crippen molar-refractivity contribution < 1.29 is 9.59 Å². The Labute approximate surface area is 148 Å². The number of nitrogens with one attached hydrogen (secondary N) is 1. The van der Waals surface area contributed by atoms with E-state index in [0.29, 0.717) is 25.1 Å². The summed E-state index contributed by atoms with van der Waals surface area (Å²) in [5, 5.41) is 3.00. The van der Waals surface area contributed by atoms with Crippen molar-refractivity contribution in [2.75, 3.05) is 6.54 Å². The van der Waals surface area contributed by atoms with Crippen molar-refractivity contribution in [2.24, 2.45) is 0 Å². The Bertz CT molecular complexity index is 743. The van der Waals surface area contributed by atoms with Crippen molar-refractivity contribution in [1.29, 1.82) is 0 Å². The summed E-state index contributed by atoms with van der Waals surface area (Å²) >= 11 is 0. The van der Waals surface area contributed by atoms with Gasteiger partial charge < -0.3 is 10.2 Å². The molecule has 0 aromatic heterocycles. The molecule has 1 aliphatic rings. The maximum absolute atomic E-state index is 12.8. The van der Waals surface area contributed by atoms with Crippen molar-refractivity contribution in [2.45, 2.75) is 38.8 Å². The molecule has 2 aromatic carbocycles. The highest BCUT2D eigenvalue weighted by atomic mass is 16.2. The van der Waals surface area contributed by atoms with Gasteiger partial charge in [-0.2, -0.15) is 0 Å². The van der Waals surface area contributed by atoms with Crippen LogP contribution in [0.4, 0.5) is 0 Å². The minimum absolute atomic E-state index is 0.0535. The van der Waals surface area contributed by atoms with Crippen LogP contribution in [-0.4, -0.2) is 29.3 Å². The topological polar surface area (TPSA) is 49.4 Å². The van der Waals surface area contributed by atoms with Crippen molar-refractivity contribution in [3.05, 3.63) is 71.3 Å². The van der Waals surface area contributed by atoms with Crippen molar-refractivity contribution in [1.82, 2.24) is 10.2 Å². The van der Waals surface area contributed by atoms with Gasteiger partial charge in [0.2, 0.25) is 5.91 Å². The van der Waals surface area contributed by atoms with Crippen LogP contribution < -0.4 is 5.32 Å². The number of hydrogen-bond donors (Lipinski definition) is 1. The first kappa shape index (κ1) is 17.2. The smallest absolute Gasteiger partial charge is 0.255 e. The normalized spacial score (nSPS) is 14.3. The average Bonchev–Trinajstić information content (AvgIpc) is 2.97. The van der Waals surface area contributed by atoms with Crippen molar-refractivity contribution in [3.8, 4) is 0 Å². The van der Waals surface area contributed by atoms with Crippen LogP contribution in [0.15, 0.2) is 54.6 Å². The SMILES string of the molecule is CCCCNC(=O)[C@H](Cc1ccccc1)N1Cc2ccccc2C1=O. The highest BCUT2D eigenvalue weighted by Gasteiger charge is 2.36. The van der Waals surface area contributed by atoms with E-state index < -0.39 is 6.04 Å². The number of benzene rings is 2. The van der Waals surface area contributed by atoms with Gasteiger partial charge in [0.1, 0.15) is 6.04 Å². The fourth-order valence-corrected chi connectivity index (χ4v) is 3.22. The molecule has 0 fully saturated rings. The molecular weight excluding hydrogens is 312 g/mol. The summed E-state index contributed by atoms with van der Waals surface area (Å²) in [6.07, 6.45) is 2.49. The lowest BCUT2D eigenvalue weighted by atomic mass is 10.0. The van der Waals surface area contributed by atoms with Gasteiger partial charge in [-0.3, -0.25) is 9.59 Å². The lowest BCUT2D eigenvalue weighted by Crippen LogP contribution is -2.48. The maximum atomic E-state index is 12.8. The fourth-order valence-electron chi connectivity index (χ4n) is 3.22. The first-order valence-electron chi connectivity index (χ1n) is 8.91. The molecule has 0 saturated carbocycles. The molecule has 0 unspecified atom stereocenters. The first-order valence-corrected chi connectivity index (χ1v) is 8.91. The molecule has 2 amide bonds. The lowest BCUT2D eigenvalue weighted by Gasteiger charge is -2.27. The zero-order valence-electron chi connectivity index (χ0n) is 14.6. The number of fused-ring (bicyclic) bond motifs is 1. The van der Waals surface area contributed by atoms with Gasteiger partial charge in [0, 0.05) is 25.1 Å². The standard InChI is InChI=1S/C21H24N2O2/c1-2-3-13-22-20(24)19(14-16-9-5-4-6-10-16)23-15-17-11-7-8-12-18(17)21(23)25/h4-12,19H,2-3,13-15H2,1H3,(H,22,24)/t19-/m0/s1. The van der Waals surface area contributed by atoms with E-state index >= 15 is 0 Å². The second kappa shape index (κ2) is 7.97. The number of rotatable bonds is 7. The third kappa shape index (κ3) is 3.90. The van der Waals surface area contributed by atoms with E-state index in [9.17, 15) is 9.59 Å². The molecule has 0 saturated heterocycles. The van der Waals surface area contributed by atoms with E-state index in [2.05, 4.69) is 12.2 Å². The Hall–Kier alpha value is -2.62. The number of hydrogen-bond acceptors (Lipinski definition) is 2. The molecule has 25 heavy (non-hydrogen) atoms. The summed E-state index contributed by atoms with van der Waals surface area (Å²) in [6, 6.07) is 17.0. The molecule has 0 bridgehead atoms. The van der Waals surface area contributed by atoms with Crippen LogP contribution in [0.2, 0.25) is 0 Å². The third-order valence-electron chi connectivity index (χ3n) is 4.63. The molecule has 4 nitrogen and oxygen atoms in total. The minimum atomic E-state index is -0.487. The Balaban J connectivity index is 1.81. The third-order valence-corrected chi connectivity index (χ3v) is 4.63. The average molecular weight is 336 g/mol. The lowest BCUT2D eigenvalue weighted by molar-refractivity contribution is -0.125. The first-order chi connectivity index (χ1) is 12.2. The van der Waals surface area contributed by atoms with Gasteiger partial charge >= 0.3 is 0 Å². The van der Waals surface area contributed by atoms with Gasteiger partial charge in [-0.15, -0.1) is 0 Å². The second-order valence-electron chi connectivity index (χ2n) is 6.44. The van der Waals surface area contributed by atoms with Crippen LogP contribution in [0, 0.1) is 0 Å². The molecule has 3 rings (SSSR count). The Morgan fingerprint density at radius 3 is 2.56 bits per heavy atom. The number of amides is 2. The van der Waals surface area contributed by atoms with Gasteiger partial charge in [-0.05, 0) is 23.6 Å². The van der Waals surface area contributed by atoms with E-state index in [-0.39, 0.29) is 11.8 Å². The van der Waals surface area contributed by atoms with Crippen molar-refractivity contribution >= 4 is 11.8 Å². The van der Waals surface area contributed by atoms with E-state index in [1.54, 1.807) is 4.90 Å². The van der Waals surface area contributed by atoms with Crippen LogP contribution in [0.1, 0.15) is 41.3 Å². The van der Waals surface area contributed by atoms with Crippen LogP contribution in [-0.2, 0) is 17.8 Å². The van der Waals surface area contributed by atoms with Crippen LogP contribution in [0.25, 0.3) is 0 Å².